The minimum atomic E-state index is -4.57. The van der Waals surface area contributed by atoms with Gasteiger partial charge in [-0.25, -0.2) is 0 Å². The molecule has 0 aliphatic heterocycles. The average molecular weight is 1110 g/mol. The molecule has 0 aromatic carbocycles. The smallest absolute Gasteiger partial charge is 0.268 e. The molecule has 0 saturated heterocycles. The molecule has 1 amide bonds. The predicted octanol–water partition coefficient (Wildman–Crippen LogP) is 21.3. The Bertz CT molecular complexity index is 1220. The number of carbonyl (C=O) groups is 1. The first-order chi connectivity index (χ1) is 37.5. The van der Waals surface area contributed by atoms with Gasteiger partial charge in [0.1, 0.15) is 13.2 Å². The Morgan fingerprint density at radius 2 is 0.636 bits per heavy atom. The molecule has 2 N–H and O–H groups in total. The van der Waals surface area contributed by atoms with Crippen LogP contribution in [0.2, 0.25) is 0 Å². The number of aliphatic hydroxyl groups excluding tert-OH is 1. The van der Waals surface area contributed by atoms with Crippen molar-refractivity contribution in [2.45, 2.75) is 392 Å². The number of nitrogens with one attached hydrogen (secondary N) is 1. The molecule has 3 unspecified atom stereocenters. The maximum Gasteiger partial charge on any atom is 0.268 e. The van der Waals surface area contributed by atoms with Gasteiger partial charge in [0.25, 0.3) is 7.82 Å². The summed E-state index contributed by atoms with van der Waals surface area (Å²) in [5.74, 6) is -0.154. The number of hydrogen-bond acceptors (Lipinski definition) is 6. The first-order valence-corrected chi connectivity index (χ1v) is 36.3. The Balaban J connectivity index is 3.99. The Morgan fingerprint density at radius 1 is 0.403 bits per heavy atom. The van der Waals surface area contributed by atoms with Crippen LogP contribution in [-0.4, -0.2) is 68.5 Å². The van der Waals surface area contributed by atoms with E-state index in [9.17, 15) is 19.4 Å². The summed E-state index contributed by atoms with van der Waals surface area (Å²) >= 11 is 0. The highest BCUT2D eigenvalue weighted by atomic mass is 31.2. The highest BCUT2D eigenvalue weighted by Gasteiger charge is 2.24. The van der Waals surface area contributed by atoms with Crippen molar-refractivity contribution in [3.05, 3.63) is 0 Å². The van der Waals surface area contributed by atoms with Crippen molar-refractivity contribution >= 4 is 13.7 Å². The van der Waals surface area contributed by atoms with Gasteiger partial charge in [-0.3, -0.25) is 9.36 Å². The van der Waals surface area contributed by atoms with Gasteiger partial charge < -0.3 is 28.8 Å². The number of aliphatic hydroxyl groups is 1. The van der Waals surface area contributed by atoms with E-state index in [0.29, 0.717) is 23.9 Å². The number of likely N-dealkylation sites (N-methyl/N-ethyl adjacent to an activating group) is 1. The van der Waals surface area contributed by atoms with Crippen LogP contribution in [0.25, 0.3) is 0 Å². The molecule has 0 spiro atoms. The number of quaternary nitrogens is 1. The summed E-state index contributed by atoms with van der Waals surface area (Å²) < 4.78 is 23.5. The van der Waals surface area contributed by atoms with Crippen LogP contribution in [-0.2, 0) is 18.4 Å². The molecule has 0 rings (SSSR count). The predicted molar refractivity (Wildman–Crippen MR) is 335 cm³/mol. The second-order valence-corrected chi connectivity index (χ2v) is 27.0. The van der Waals surface area contributed by atoms with E-state index in [2.05, 4.69) is 19.2 Å². The van der Waals surface area contributed by atoms with Gasteiger partial charge in [-0.05, 0) is 12.8 Å². The highest BCUT2D eigenvalue weighted by Crippen LogP contribution is 2.38. The van der Waals surface area contributed by atoms with Gasteiger partial charge in [0.05, 0.1) is 39.9 Å². The minimum Gasteiger partial charge on any atom is -0.756 e. The molecule has 0 aliphatic rings. The molecule has 9 heteroatoms. The summed E-state index contributed by atoms with van der Waals surface area (Å²) in [5, 5.41) is 14.1. The number of unbranched alkanes of at least 4 members (excludes halogenated alkanes) is 53. The largest absolute Gasteiger partial charge is 0.756 e. The second-order valence-electron chi connectivity index (χ2n) is 25.6. The number of rotatable bonds is 66. The Labute approximate surface area is 482 Å². The van der Waals surface area contributed by atoms with E-state index in [1.54, 1.807) is 0 Å². The van der Waals surface area contributed by atoms with Crippen molar-refractivity contribution < 1.29 is 32.9 Å². The van der Waals surface area contributed by atoms with Crippen molar-refractivity contribution in [2.24, 2.45) is 0 Å². The molecular formula is C68H139N2O6P. The number of nitrogens with zero attached hydrogens (tertiary/aromatic N) is 1. The molecule has 0 radical (unpaired) electrons. The Morgan fingerprint density at radius 3 is 0.883 bits per heavy atom. The lowest BCUT2D eigenvalue weighted by molar-refractivity contribution is -0.870. The first kappa shape index (κ1) is 76.5. The van der Waals surface area contributed by atoms with Crippen LogP contribution in [0.5, 0.6) is 0 Å². The summed E-state index contributed by atoms with van der Waals surface area (Å²) in [6, 6.07) is -0.797. The normalized spacial score (nSPS) is 13.6. The van der Waals surface area contributed by atoms with E-state index in [1.807, 2.05) is 21.1 Å². The Hall–Kier alpha value is -0.500. The highest BCUT2D eigenvalue weighted by molar-refractivity contribution is 7.45. The molecule has 77 heavy (non-hydrogen) atoms. The molecule has 0 aromatic rings. The van der Waals surface area contributed by atoms with Gasteiger partial charge in [-0.2, -0.15) is 0 Å². The maximum atomic E-state index is 13.0. The molecule has 3 atom stereocenters. The zero-order chi connectivity index (χ0) is 56.3. The third kappa shape index (κ3) is 62.9. The summed E-state index contributed by atoms with van der Waals surface area (Å²) in [6.45, 7) is 4.80. The molecule has 0 heterocycles. The van der Waals surface area contributed by atoms with Crippen LogP contribution in [0.4, 0.5) is 0 Å². The van der Waals surface area contributed by atoms with Gasteiger partial charge in [-0.15, -0.1) is 0 Å². The lowest BCUT2D eigenvalue weighted by Crippen LogP contribution is -2.46. The van der Waals surface area contributed by atoms with E-state index in [-0.39, 0.29) is 19.1 Å². The first-order valence-electron chi connectivity index (χ1n) is 34.9. The standard InChI is InChI=1S/C68H139N2O6P/c1-6-8-10-12-14-16-18-20-22-24-26-28-30-32-33-34-35-36-38-39-41-43-45-47-49-51-53-55-57-59-61-67(71)66(65-76-77(73,74)75-64-63-70(3,4)5)69-68(72)62-60-58-56-54-52-50-48-46-44-42-40-37-31-29-27-25-23-21-19-17-15-13-11-9-7-2/h66-67,71H,6-65H2,1-5H3,(H-,69,72,73,74). The summed E-state index contributed by atoms with van der Waals surface area (Å²) in [4.78, 5) is 25.7. The van der Waals surface area contributed by atoms with Crippen molar-refractivity contribution in [3.63, 3.8) is 0 Å². The van der Waals surface area contributed by atoms with Gasteiger partial charge in [0.2, 0.25) is 5.91 Å². The molecule has 8 nitrogen and oxygen atoms in total. The number of phosphoric acid groups is 1. The fraction of sp³-hybridized carbons (Fsp3) is 0.985. The van der Waals surface area contributed by atoms with E-state index in [1.165, 1.54) is 315 Å². The van der Waals surface area contributed by atoms with E-state index in [4.69, 9.17) is 9.05 Å². The number of amides is 1. The lowest BCUT2D eigenvalue weighted by atomic mass is 10.0. The molecular weight excluding hydrogens is 972 g/mol. The van der Waals surface area contributed by atoms with Crippen LogP contribution >= 0.6 is 7.82 Å². The molecule has 462 valence electrons. The van der Waals surface area contributed by atoms with Gasteiger partial charge in [0, 0.05) is 6.42 Å². The van der Waals surface area contributed by atoms with Crippen LogP contribution < -0.4 is 10.2 Å². The van der Waals surface area contributed by atoms with E-state index >= 15 is 0 Å². The van der Waals surface area contributed by atoms with Crippen LogP contribution in [0.3, 0.4) is 0 Å². The molecule has 0 fully saturated rings. The second kappa shape index (κ2) is 60.1. The Kier molecular flexibility index (Phi) is 59.7. The summed E-state index contributed by atoms with van der Waals surface area (Å²) in [5.41, 5.74) is 0. The third-order valence-electron chi connectivity index (χ3n) is 16.6. The van der Waals surface area contributed by atoms with Crippen LogP contribution in [0.1, 0.15) is 380 Å². The van der Waals surface area contributed by atoms with Crippen molar-refractivity contribution in [3.8, 4) is 0 Å². The summed E-state index contributed by atoms with van der Waals surface area (Å²) in [6.07, 6.45) is 74.7. The number of hydrogen-bond donors (Lipinski definition) is 2. The number of phosphoric ester groups is 1. The lowest BCUT2D eigenvalue weighted by Gasteiger charge is -2.30. The SMILES string of the molecule is CCCCCCCCCCCCCCCCCCCCCCCCCCCCCCCCC(O)C(COP(=O)([O-])OCC[N+](C)(C)C)NC(=O)CCCCCCCCCCCCCCCCCCCCCCCCCCC. The zero-order valence-electron chi connectivity index (χ0n) is 53.0. The van der Waals surface area contributed by atoms with Crippen molar-refractivity contribution in [1.82, 2.24) is 5.32 Å². The topological polar surface area (TPSA) is 108 Å². The van der Waals surface area contributed by atoms with E-state index in [0.717, 1.165) is 38.5 Å². The molecule has 0 bridgehead atoms. The maximum absolute atomic E-state index is 13.0. The number of carbonyl (C=O) groups excluding carboxylic acids is 1. The quantitative estimate of drug-likeness (QED) is 0.0357. The fourth-order valence-corrected chi connectivity index (χ4v) is 11.9. The zero-order valence-corrected chi connectivity index (χ0v) is 53.9. The summed E-state index contributed by atoms with van der Waals surface area (Å²) in [7, 11) is 1.33. The van der Waals surface area contributed by atoms with Gasteiger partial charge in [-0.1, -0.05) is 361 Å². The van der Waals surface area contributed by atoms with Crippen LogP contribution in [0, 0.1) is 0 Å². The van der Waals surface area contributed by atoms with Gasteiger partial charge >= 0.3 is 0 Å². The molecule has 0 aromatic heterocycles. The van der Waals surface area contributed by atoms with Gasteiger partial charge in [0.15, 0.2) is 0 Å². The minimum absolute atomic E-state index is 0.0170. The third-order valence-corrected chi connectivity index (χ3v) is 17.6. The monoisotopic (exact) mass is 1110 g/mol. The van der Waals surface area contributed by atoms with Crippen molar-refractivity contribution in [1.29, 1.82) is 0 Å². The fourth-order valence-electron chi connectivity index (χ4n) is 11.2. The van der Waals surface area contributed by atoms with Crippen LogP contribution in [0.15, 0.2) is 0 Å². The molecule has 0 saturated carbocycles. The average Bonchev–Trinajstić information content (AvgIpc) is 3.39. The van der Waals surface area contributed by atoms with E-state index < -0.39 is 20.0 Å². The molecule has 0 aliphatic carbocycles. The van der Waals surface area contributed by atoms with Crippen molar-refractivity contribution in [2.75, 3.05) is 40.9 Å².